The fourth-order valence-electron chi connectivity index (χ4n) is 3.33. The largest absolute Gasteiger partial charge is 0.450 e. The summed E-state index contributed by atoms with van der Waals surface area (Å²) in [6, 6.07) is 0. The van der Waals surface area contributed by atoms with Crippen LogP contribution in [-0.2, 0) is 32.0 Å². The Bertz CT molecular complexity index is 831. The highest BCUT2D eigenvalue weighted by atomic mass is 32.1. The first-order chi connectivity index (χ1) is 13.4. The normalized spacial score (nSPS) is 16.0. The minimum atomic E-state index is -0.853. The van der Waals surface area contributed by atoms with Gasteiger partial charge in [0.1, 0.15) is 11.5 Å². The van der Waals surface area contributed by atoms with Crippen molar-refractivity contribution in [3.05, 3.63) is 16.0 Å². The van der Waals surface area contributed by atoms with Crippen LogP contribution < -0.4 is 10.6 Å². The summed E-state index contributed by atoms with van der Waals surface area (Å²) in [5.74, 6) is -1.97. The molecular formula is C18H21N3O6S. The molecule has 2 heterocycles. The smallest absolute Gasteiger partial charge is 0.414 e. The summed E-state index contributed by atoms with van der Waals surface area (Å²) in [6.07, 6.45) is 2.71. The van der Waals surface area contributed by atoms with Crippen LogP contribution in [0.4, 0.5) is 9.80 Å². The van der Waals surface area contributed by atoms with Crippen LogP contribution in [0, 0.1) is 0 Å². The molecule has 2 N–H and O–H groups in total. The molecule has 2 aliphatic rings. The van der Waals surface area contributed by atoms with Crippen molar-refractivity contribution < 1.29 is 28.7 Å². The van der Waals surface area contributed by atoms with Crippen molar-refractivity contribution in [2.45, 2.75) is 45.4 Å². The van der Waals surface area contributed by atoms with Crippen molar-refractivity contribution in [3.63, 3.8) is 0 Å². The molecular weight excluding hydrogens is 386 g/mol. The second-order valence-electron chi connectivity index (χ2n) is 6.51. The van der Waals surface area contributed by atoms with E-state index < -0.39 is 17.9 Å². The van der Waals surface area contributed by atoms with Crippen LogP contribution in [-0.4, -0.2) is 47.8 Å². The molecule has 0 unspecified atom stereocenters. The Labute approximate surface area is 165 Å². The average Bonchev–Trinajstić information content (AvgIpc) is 3.16. The highest BCUT2D eigenvalue weighted by molar-refractivity contribution is 7.17. The van der Waals surface area contributed by atoms with Crippen molar-refractivity contribution in [3.8, 4) is 0 Å². The number of alkyl carbamates (subject to hydrolysis) is 1. The van der Waals surface area contributed by atoms with Crippen LogP contribution in [0.2, 0.25) is 0 Å². The van der Waals surface area contributed by atoms with Gasteiger partial charge in [0.15, 0.2) is 0 Å². The molecule has 1 saturated heterocycles. The van der Waals surface area contributed by atoms with Gasteiger partial charge in [0.2, 0.25) is 17.7 Å². The number of fused-ring (bicyclic) bond motifs is 1. The predicted octanol–water partition coefficient (Wildman–Crippen LogP) is 1.60. The quantitative estimate of drug-likeness (QED) is 0.715. The maximum Gasteiger partial charge on any atom is 0.414 e. The average molecular weight is 407 g/mol. The molecule has 0 spiro atoms. The SMILES string of the molecule is CCOC(=O)NC(=O)c1c(NC(=O)CN2C(=O)CCC2=O)sc2c1CCCC2. The van der Waals surface area contributed by atoms with Gasteiger partial charge in [0.25, 0.3) is 5.91 Å². The zero-order chi connectivity index (χ0) is 20.3. The molecule has 1 fully saturated rings. The number of ether oxygens (including phenoxy) is 1. The summed E-state index contributed by atoms with van der Waals surface area (Å²) in [6.45, 7) is 1.37. The number of amides is 5. The summed E-state index contributed by atoms with van der Waals surface area (Å²) >= 11 is 1.29. The molecule has 10 heteroatoms. The van der Waals surface area contributed by atoms with Crippen molar-refractivity contribution in [2.75, 3.05) is 18.5 Å². The highest BCUT2D eigenvalue weighted by Crippen LogP contribution is 2.38. The second kappa shape index (κ2) is 8.51. The van der Waals surface area contributed by atoms with Crippen LogP contribution in [0.25, 0.3) is 0 Å². The van der Waals surface area contributed by atoms with E-state index in [1.165, 1.54) is 11.3 Å². The summed E-state index contributed by atoms with van der Waals surface area (Å²) in [7, 11) is 0. The van der Waals surface area contributed by atoms with E-state index in [4.69, 9.17) is 4.74 Å². The third-order valence-corrected chi connectivity index (χ3v) is 5.81. The molecule has 1 aromatic rings. The molecule has 0 saturated carbocycles. The summed E-state index contributed by atoms with van der Waals surface area (Å²) in [5.41, 5.74) is 1.07. The van der Waals surface area contributed by atoms with Crippen molar-refractivity contribution in [1.29, 1.82) is 0 Å². The number of rotatable bonds is 5. The molecule has 5 amide bonds. The molecule has 9 nitrogen and oxygen atoms in total. The van der Waals surface area contributed by atoms with Crippen molar-refractivity contribution >= 4 is 46.1 Å². The Morgan fingerprint density at radius 2 is 1.75 bits per heavy atom. The number of imide groups is 2. The fourth-order valence-corrected chi connectivity index (χ4v) is 4.63. The van der Waals surface area contributed by atoms with Gasteiger partial charge < -0.3 is 10.1 Å². The molecule has 28 heavy (non-hydrogen) atoms. The number of carbonyl (C=O) groups is 5. The highest BCUT2D eigenvalue weighted by Gasteiger charge is 2.32. The Hall–Kier alpha value is -2.75. The molecule has 1 aliphatic carbocycles. The minimum Gasteiger partial charge on any atom is -0.450 e. The molecule has 150 valence electrons. The number of aryl methyl sites for hydroxylation is 1. The lowest BCUT2D eigenvalue weighted by Crippen LogP contribution is -2.37. The van der Waals surface area contributed by atoms with Crippen LogP contribution in [0.3, 0.4) is 0 Å². The van der Waals surface area contributed by atoms with Gasteiger partial charge in [0, 0.05) is 17.7 Å². The van der Waals surface area contributed by atoms with E-state index >= 15 is 0 Å². The van der Waals surface area contributed by atoms with Crippen molar-refractivity contribution in [2.24, 2.45) is 0 Å². The third-order valence-electron chi connectivity index (χ3n) is 4.60. The first kappa shape index (κ1) is 20.0. The van der Waals surface area contributed by atoms with E-state index in [0.29, 0.717) is 11.4 Å². The third kappa shape index (κ3) is 4.22. The predicted molar refractivity (Wildman–Crippen MR) is 100 cm³/mol. The Kier molecular flexibility index (Phi) is 6.08. The van der Waals surface area contributed by atoms with E-state index in [9.17, 15) is 24.0 Å². The Morgan fingerprint density at radius 1 is 1.07 bits per heavy atom. The van der Waals surface area contributed by atoms with Gasteiger partial charge in [-0.2, -0.15) is 0 Å². The van der Waals surface area contributed by atoms with Gasteiger partial charge in [-0.25, -0.2) is 4.79 Å². The maximum atomic E-state index is 12.6. The lowest BCUT2D eigenvalue weighted by Gasteiger charge is -2.14. The van der Waals surface area contributed by atoms with Gasteiger partial charge in [-0.3, -0.25) is 29.4 Å². The number of likely N-dealkylation sites (tertiary alicyclic amines) is 1. The number of hydrogen-bond donors (Lipinski definition) is 2. The van der Waals surface area contributed by atoms with Crippen molar-refractivity contribution in [1.82, 2.24) is 10.2 Å². The van der Waals surface area contributed by atoms with Gasteiger partial charge >= 0.3 is 6.09 Å². The Balaban J connectivity index is 1.80. The first-order valence-electron chi connectivity index (χ1n) is 9.16. The molecule has 0 aromatic carbocycles. The lowest BCUT2D eigenvalue weighted by atomic mass is 9.95. The van der Waals surface area contributed by atoms with Gasteiger partial charge in [0.05, 0.1) is 12.2 Å². The molecule has 1 aliphatic heterocycles. The van der Waals surface area contributed by atoms with Gasteiger partial charge in [-0.1, -0.05) is 0 Å². The van der Waals surface area contributed by atoms with E-state index in [-0.39, 0.29) is 43.4 Å². The number of nitrogens with zero attached hydrogens (tertiary/aromatic N) is 1. The summed E-state index contributed by atoms with van der Waals surface area (Å²) < 4.78 is 4.75. The molecule has 0 atom stereocenters. The van der Waals surface area contributed by atoms with E-state index in [1.807, 2.05) is 0 Å². The first-order valence-corrected chi connectivity index (χ1v) is 9.98. The maximum absolute atomic E-state index is 12.6. The van der Waals surface area contributed by atoms with Crippen LogP contribution in [0.5, 0.6) is 0 Å². The fraction of sp³-hybridized carbons (Fsp3) is 0.500. The number of carbonyl (C=O) groups excluding carboxylic acids is 5. The zero-order valence-corrected chi connectivity index (χ0v) is 16.3. The molecule has 1 aromatic heterocycles. The van der Waals surface area contributed by atoms with E-state index in [1.54, 1.807) is 6.92 Å². The number of thiophene rings is 1. The van der Waals surface area contributed by atoms with Gasteiger partial charge in [-0.15, -0.1) is 11.3 Å². The number of hydrogen-bond acceptors (Lipinski definition) is 7. The molecule has 0 bridgehead atoms. The van der Waals surface area contributed by atoms with E-state index in [2.05, 4.69) is 10.6 Å². The standard InChI is InChI=1S/C18H21N3O6S/c1-2-27-18(26)20-16(25)15-10-5-3-4-6-11(10)28-17(15)19-12(22)9-21-13(23)7-8-14(21)24/h2-9H2,1H3,(H,19,22)(H,20,25,26). The van der Waals surface area contributed by atoms with E-state index in [0.717, 1.165) is 34.6 Å². The molecule has 3 rings (SSSR count). The van der Waals surface area contributed by atoms with Crippen LogP contribution >= 0.6 is 11.3 Å². The lowest BCUT2D eigenvalue weighted by molar-refractivity contribution is -0.141. The van der Waals surface area contributed by atoms with Crippen LogP contribution in [0.15, 0.2) is 0 Å². The summed E-state index contributed by atoms with van der Waals surface area (Å²) in [5, 5.41) is 5.13. The minimum absolute atomic E-state index is 0.104. The number of anilines is 1. The molecule has 0 radical (unpaired) electrons. The van der Waals surface area contributed by atoms with Gasteiger partial charge in [-0.05, 0) is 38.2 Å². The van der Waals surface area contributed by atoms with Crippen LogP contribution in [0.1, 0.15) is 53.4 Å². The Morgan fingerprint density at radius 3 is 2.43 bits per heavy atom. The second-order valence-corrected chi connectivity index (χ2v) is 7.62. The summed E-state index contributed by atoms with van der Waals surface area (Å²) in [4.78, 5) is 62.0. The topological polar surface area (TPSA) is 122 Å². The zero-order valence-electron chi connectivity index (χ0n) is 15.5. The number of nitrogens with one attached hydrogen (secondary N) is 2. The monoisotopic (exact) mass is 407 g/mol.